The minimum atomic E-state index is -0.196. The Labute approximate surface area is 171 Å². The van der Waals surface area contributed by atoms with Crippen molar-refractivity contribution in [3.8, 4) is 0 Å². The lowest BCUT2D eigenvalue weighted by Gasteiger charge is -2.43. The van der Waals surface area contributed by atoms with Gasteiger partial charge < -0.3 is 9.80 Å². The molecular weight excluding hydrogens is 369 g/mol. The standard InChI is InChI=1S/C22H30FN5O/c1-17(2)28-15-18(14-24-28)22(29)27-9-3-4-21(16-27)26-12-10-25(11-13-26)20-7-5-19(23)6-8-20/h5-8,14-15,17,21H,3-4,9-13,16H2,1-2H3/t21-/m0/s1. The van der Waals surface area contributed by atoms with E-state index in [9.17, 15) is 9.18 Å². The van der Waals surface area contributed by atoms with E-state index >= 15 is 0 Å². The van der Waals surface area contributed by atoms with Crippen LogP contribution in [-0.2, 0) is 0 Å². The van der Waals surface area contributed by atoms with E-state index in [-0.39, 0.29) is 17.8 Å². The van der Waals surface area contributed by atoms with Crippen molar-refractivity contribution in [2.75, 3.05) is 44.2 Å². The van der Waals surface area contributed by atoms with Crippen LogP contribution >= 0.6 is 0 Å². The first-order chi connectivity index (χ1) is 14.0. The van der Waals surface area contributed by atoms with Crippen LogP contribution in [0.5, 0.6) is 0 Å². The second-order valence-electron chi connectivity index (χ2n) is 8.35. The highest BCUT2D eigenvalue weighted by atomic mass is 19.1. The molecule has 1 atom stereocenters. The Hall–Kier alpha value is -2.41. The van der Waals surface area contributed by atoms with Gasteiger partial charge in [0.05, 0.1) is 11.8 Å². The molecule has 1 aromatic carbocycles. The number of hydrogen-bond acceptors (Lipinski definition) is 4. The van der Waals surface area contributed by atoms with Crippen LogP contribution in [0.1, 0.15) is 43.1 Å². The number of carbonyl (C=O) groups is 1. The predicted molar refractivity (Wildman–Crippen MR) is 112 cm³/mol. The van der Waals surface area contributed by atoms with Crippen molar-refractivity contribution in [1.29, 1.82) is 0 Å². The highest BCUT2D eigenvalue weighted by molar-refractivity contribution is 5.93. The number of likely N-dealkylation sites (tertiary alicyclic amines) is 1. The fourth-order valence-corrected chi connectivity index (χ4v) is 4.35. The fourth-order valence-electron chi connectivity index (χ4n) is 4.35. The van der Waals surface area contributed by atoms with Gasteiger partial charge in [0.2, 0.25) is 0 Å². The zero-order valence-electron chi connectivity index (χ0n) is 17.3. The average Bonchev–Trinajstić information content (AvgIpc) is 3.25. The number of piperidine rings is 1. The van der Waals surface area contributed by atoms with Gasteiger partial charge in [-0.25, -0.2) is 4.39 Å². The smallest absolute Gasteiger partial charge is 0.257 e. The largest absolute Gasteiger partial charge is 0.369 e. The molecule has 2 fully saturated rings. The lowest BCUT2D eigenvalue weighted by atomic mass is 10.0. The van der Waals surface area contributed by atoms with Gasteiger partial charge >= 0.3 is 0 Å². The molecule has 0 radical (unpaired) electrons. The minimum Gasteiger partial charge on any atom is -0.369 e. The summed E-state index contributed by atoms with van der Waals surface area (Å²) in [5.74, 6) is -0.107. The summed E-state index contributed by atoms with van der Waals surface area (Å²) in [5.41, 5.74) is 1.76. The first-order valence-corrected chi connectivity index (χ1v) is 10.6. The third-order valence-electron chi connectivity index (χ3n) is 6.08. The van der Waals surface area contributed by atoms with Crippen LogP contribution in [0.25, 0.3) is 0 Å². The number of aromatic nitrogens is 2. The van der Waals surface area contributed by atoms with Crippen LogP contribution in [-0.4, -0.2) is 70.8 Å². The number of nitrogens with zero attached hydrogens (tertiary/aromatic N) is 5. The van der Waals surface area contributed by atoms with Crippen molar-refractivity contribution < 1.29 is 9.18 Å². The summed E-state index contributed by atoms with van der Waals surface area (Å²) in [5, 5.41) is 4.31. The molecule has 0 bridgehead atoms. The predicted octanol–water partition coefficient (Wildman–Crippen LogP) is 3.03. The molecule has 2 saturated heterocycles. The Balaban J connectivity index is 1.34. The van der Waals surface area contributed by atoms with E-state index in [4.69, 9.17) is 0 Å². The first-order valence-electron chi connectivity index (χ1n) is 10.6. The highest BCUT2D eigenvalue weighted by Gasteiger charge is 2.30. The monoisotopic (exact) mass is 399 g/mol. The maximum absolute atomic E-state index is 13.2. The molecule has 0 spiro atoms. The number of amides is 1. The van der Waals surface area contributed by atoms with E-state index in [1.165, 1.54) is 12.1 Å². The van der Waals surface area contributed by atoms with Gasteiger partial charge in [-0.1, -0.05) is 0 Å². The molecule has 1 amide bonds. The minimum absolute atomic E-state index is 0.0894. The number of piperazine rings is 1. The molecular formula is C22H30FN5O. The van der Waals surface area contributed by atoms with Crippen LogP contribution in [0, 0.1) is 5.82 Å². The third-order valence-corrected chi connectivity index (χ3v) is 6.08. The van der Waals surface area contributed by atoms with E-state index in [1.54, 1.807) is 6.20 Å². The van der Waals surface area contributed by atoms with Gasteiger partial charge in [-0.15, -0.1) is 0 Å². The number of hydrogen-bond donors (Lipinski definition) is 0. The number of rotatable bonds is 4. The van der Waals surface area contributed by atoms with Gasteiger partial charge in [-0.3, -0.25) is 14.4 Å². The van der Waals surface area contributed by atoms with Crippen molar-refractivity contribution in [3.63, 3.8) is 0 Å². The van der Waals surface area contributed by atoms with E-state index in [0.717, 1.165) is 57.8 Å². The Bertz CT molecular complexity index is 826. The topological polar surface area (TPSA) is 44.6 Å². The first kappa shape index (κ1) is 19.9. The van der Waals surface area contributed by atoms with Crippen molar-refractivity contribution in [2.45, 2.75) is 38.8 Å². The molecule has 3 heterocycles. The Morgan fingerprint density at radius 2 is 1.83 bits per heavy atom. The Kier molecular flexibility index (Phi) is 5.85. The van der Waals surface area contributed by atoms with E-state index in [0.29, 0.717) is 11.6 Å². The van der Waals surface area contributed by atoms with Crippen molar-refractivity contribution >= 4 is 11.6 Å². The lowest BCUT2D eigenvalue weighted by Crippen LogP contribution is -2.55. The normalized spacial score (nSPS) is 21.0. The van der Waals surface area contributed by atoms with Crippen LogP contribution in [0.3, 0.4) is 0 Å². The molecule has 29 heavy (non-hydrogen) atoms. The summed E-state index contributed by atoms with van der Waals surface area (Å²) < 4.78 is 15.0. The molecule has 2 aromatic rings. The molecule has 0 aliphatic carbocycles. The fraction of sp³-hybridized carbons (Fsp3) is 0.545. The molecule has 2 aliphatic heterocycles. The second kappa shape index (κ2) is 8.53. The van der Waals surface area contributed by atoms with Crippen LogP contribution in [0.15, 0.2) is 36.7 Å². The van der Waals surface area contributed by atoms with Crippen LogP contribution in [0.4, 0.5) is 10.1 Å². The van der Waals surface area contributed by atoms with Crippen molar-refractivity contribution in [3.05, 3.63) is 48.0 Å². The molecule has 6 nitrogen and oxygen atoms in total. The molecule has 156 valence electrons. The lowest BCUT2D eigenvalue weighted by molar-refractivity contribution is 0.0563. The van der Waals surface area contributed by atoms with Gasteiger partial charge in [0.15, 0.2) is 0 Å². The number of benzene rings is 1. The maximum Gasteiger partial charge on any atom is 0.257 e. The Morgan fingerprint density at radius 1 is 1.10 bits per heavy atom. The van der Waals surface area contributed by atoms with Gasteiger partial charge in [-0.05, 0) is 51.0 Å². The third kappa shape index (κ3) is 4.45. The summed E-state index contributed by atoms with van der Waals surface area (Å²) in [6.45, 7) is 9.51. The van der Waals surface area contributed by atoms with E-state index < -0.39 is 0 Å². The molecule has 0 N–H and O–H groups in total. The van der Waals surface area contributed by atoms with Crippen molar-refractivity contribution in [1.82, 2.24) is 19.6 Å². The Morgan fingerprint density at radius 3 is 2.48 bits per heavy atom. The number of anilines is 1. The van der Waals surface area contributed by atoms with Gasteiger partial charge in [0.1, 0.15) is 5.82 Å². The zero-order chi connectivity index (χ0) is 20.4. The highest BCUT2D eigenvalue weighted by Crippen LogP contribution is 2.22. The van der Waals surface area contributed by atoms with E-state index in [2.05, 4.69) is 28.7 Å². The SMILES string of the molecule is CC(C)n1cc(C(=O)N2CCC[C@H](N3CCN(c4ccc(F)cc4)CC3)C2)cn1. The molecule has 1 aromatic heterocycles. The van der Waals surface area contributed by atoms with Gasteiger partial charge in [0.25, 0.3) is 5.91 Å². The maximum atomic E-state index is 13.2. The summed E-state index contributed by atoms with van der Waals surface area (Å²) in [4.78, 5) is 19.8. The molecule has 4 rings (SSSR count). The zero-order valence-corrected chi connectivity index (χ0v) is 17.3. The quantitative estimate of drug-likeness (QED) is 0.793. The average molecular weight is 400 g/mol. The summed E-state index contributed by atoms with van der Waals surface area (Å²) >= 11 is 0. The molecule has 0 unspecified atom stereocenters. The summed E-state index contributed by atoms with van der Waals surface area (Å²) in [7, 11) is 0. The van der Waals surface area contributed by atoms with Crippen LogP contribution < -0.4 is 4.90 Å². The van der Waals surface area contributed by atoms with Crippen LogP contribution in [0.2, 0.25) is 0 Å². The van der Waals surface area contributed by atoms with E-state index in [1.807, 2.05) is 27.9 Å². The molecule has 0 saturated carbocycles. The summed E-state index contributed by atoms with van der Waals surface area (Å²) in [6.07, 6.45) is 5.71. The van der Waals surface area contributed by atoms with Gasteiger partial charge in [0, 0.05) is 63.2 Å². The number of halogens is 1. The van der Waals surface area contributed by atoms with Gasteiger partial charge in [-0.2, -0.15) is 5.10 Å². The molecule has 2 aliphatic rings. The summed E-state index contributed by atoms with van der Waals surface area (Å²) in [6, 6.07) is 7.40. The number of carbonyl (C=O) groups excluding carboxylic acids is 1. The second-order valence-corrected chi connectivity index (χ2v) is 8.35. The molecule has 7 heteroatoms. The van der Waals surface area contributed by atoms with Crippen molar-refractivity contribution in [2.24, 2.45) is 0 Å².